The third-order valence-electron chi connectivity index (χ3n) is 5.98. The minimum absolute atomic E-state index is 0.101. The molecule has 0 unspecified atom stereocenters. The smallest absolute Gasteiger partial charge is 0.369 e. The maximum absolute atomic E-state index is 13.3. The first-order valence-electron chi connectivity index (χ1n) is 11.3. The summed E-state index contributed by atoms with van der Waals surface area (Å²) >= 11 is 0. The van der Waals surface area contributed by atoms with Gasteiger partial charge in [0.15, 0.2) is 0 Å². The molecule has 1 aromatic heterocycles. The third kappa shape index (κ3) is 5.58. The number of nitrogens with zero attached hydrogens (tertiary/aromatic N) is 4. The maximum Gasteiger partial charge on any atom is 0.416 e. The number of halogens is 6. The van der Waals surface area contributed by atoms with Crippen LogP contribution in [0.5, 0.6) is 0 Å². The van der Waals surface area contributed by atoms with Crippen LogP contribution >= 0.6 is 0 Å². The van der Waals surface area contributed by atoms with Crippen molar-refractivity contribution < 1.29 is 26.3 Å². The molecule has 1 aliphatic heterocycles. The fourth-order valence-corrected chi connectivity index (χ4v) is 4.10. The number of fused-ring (bicyclic) bond motifs is 1. The molecule has 0 atom stereocenters. The standard InChI is InChI=1S/C25H20F6N6/c26-24(27,28)17-11-16(12-18(14-17)25(29,30)31)15-1-6-21-22(13-15)34-23(36-35-21)33-19-2-4-20(5-3-19)37-9-7-32-8-10-37/h1-6,11-14,32H,7-10H2,(H,33,34,36). The number of aromatic nitrogens is 3. The average Bonchev–Trinajstić information content (AvgIpc) is 2.88. The van der Waals surface area contributed by atoms with Gasteiger partial charge in [0, 0.05) is 37.6 Å². The van der Waals surface area contributed by atoms with Gasteiger partial charge in [0.25, 0.3) is 0 Å². The van der Waals surface area contributed by atoms with Gasteiger partial charge in [-0.25, -0.2) is 4.98 Å². The van der Waals surface area contributed by atoms with Crippen LogP contribution in [0, 0.1) is 0 Å². The summed E-state index contributed by atoms with van der Waals surface area (Å²) in [5.41, 5.74) is -0.492. The molecule has 3 aromatic carbocycles. The number of nitrogens with one attached hydrogen (secondary N) is 2. The summed E-state index contributed by atoms with van der Waals surface area (Å²) in [6.45, 7) is 3.64. The highest BCUT2D eigenvalue weighted by Crippen LogP contribution is 2.39. The first kappa shape index (κ1) is 24.8. The molecule has 1 aliphatic rings. The highest BCUT2D eigenvalue weighted by Gasteiger charge is 2.37. The molecule has 0 radical (unpaired) electrons. The summed E-state index contributed by atoms with van der Waals surface area (Å²) in [6, 6.07) is 13.3. The van der Waals surface area contributed by atoms with E-state index in [4.69, 9.17) is 0 Å². The summed E-state index contributed by atoms with van der Waals surface area (Å²) in [4.78, 5) is 6.62. The van der Waals surface area contributed by atoms with Crippen LogP contribution in [-0.4, -0.2) is 41.4 Å². The predicted octanol–water partition coefficient (Wildman–Crippen LogP) is 5.88. The second-order valence-corrected chi connectivity index (χ2v) is 8.54. The first-order chi connectivity index (χ1) is 17.6. The average molecular weight is 518 g/mol. The molecule has 1 saturated heterocycles. The molecule has 1 fully saturated rings. The van der Waals surface area contributed by atoms with Crippen molar-refractivity contribution >= 4 is 28.4 Å². The van der Waals surface area contributed by atoms with Gasteiger partial charge in [-0.15, -0.1) is 10.2 Å². The number of hydrogen-bond donors (Lipinski definition) is 2. The van der Waals surface area contributed by atoms with Gasteiger partial charge in [0.1, 0.15) is 5.52 Å². The molecule has 37 heavy (non-hydrogen) atoms. The number of piperazine rings is 1. The Kier molecular flexibility index (Phi) is 6.36. The molecule has 0 bridgehead atoms. The van der Waals surface area contributed by atoms with Crippen LogP contribution in [0.3, 0.4) is 0 Å². The zero-order valence-electron chi connectivity index (χ0n) is 19.2. The van der Waals surface area contributed by atoms with E-state index < -0.39 is 23.5 Å². The lowest BCUT2D eigenvalue weighted by molar-refractivity contribution is -0.143. The normalized spacial score (nSPS) is 14.7. The highest BCUT2D eigenvalue weighted by molar-refractivity contribution is 5.82. The van der Waals surface area contributed by atoms with E-state index in [9.17, 15) is 26.3 Å². The Morgan fingerprint density at radius 3 is 1.97 bits per heavy atom. The number of anilines is 3. The molecule has 0 amide bonds. The molecule has 0 saturated carbocycles. The zero-order chi connectivity index (χ0) is 26.2. The van der Waals surface area contributed by atoms with E-state index in [2.05, 4.69) is 30.7 Å². The predicted molar refractivity (Wildman–Crippen MR) is 128 cm³/mol. The molecule has 2 heterocycles. The van der Waals surface area contributed by atoms with E-state index >= 15 is 0 Å². The molecule has 12 heteroatoms. The molecular weight excluding hydrogens is 498 g/mol. The zero-order valence-corrected chi connectivity index (χ0v) is 19.2. The van der Waals surface area contributed by atoms with Gasteiger partial charge in [-0.1, -0.05) is 6.07 Å². The van der Waals surface area contributed by atoms with Gasteiger partial charge < -0.3 is 15.5 Å². The summed E-state index contributed by atoms with van der Waals surface area (Å²) in [5.74, 6) is 0.139. The SMILES string of the molecule is FC(F)(F)c1cc(-c2ccc3nnc(Nc4ccc(N5CCNCC5)cc4)nc3c2)cc(C(F)(F)F)c1. The largest absolute Gasteiger partial charge is 0.416 e. The van der Waals surface area contributed by atoms with E-state index in [-0.39, 0.29) is 28.7 Å². The van der Waals surface area contributed by atoms with Crippen molar-refractivity contribution in [2.24, 2.45) is 0 Å². The fourth-order valence-electron chi connectivity index (χ4n) is 4.10. The Morgan fingerprint density at radius 1 is 0.703 bits per heavy atom. The Morgan fingerprint density at radius 2 is 1.35 bits per heavy atom. The second kappa shape index (κ2) is 9.51. The Bertz CT molecular complexity index is 1380. The summed E-state index contributed by atoms with van der Waals surface area (Å²) in [5, 5.41) is 14.4. The summed E-state index contributed by atoms with van der Waals surface area (Å²) in [7, 11) is 0. The van der Waals surface area contributed by atoms with Crippen molar-refractivity contribution in [3.05, 3.63) is 71.8 Å². The maximum atomic E-state index is 13.3. The molecule has 6 nitrogen and oxygen atoms in total. The highest BCUT2D eigenvalue weighted by atomic mass is 19.4. The Labute approximate surface area is 207 Å². The number of benzene rings is 3. The molecule has 0 spiro atoms. The van der Waals surface area contributed by atoms with Gasteiger partial charge in [-0.3, -0.25) is 0 Å². The number of alkyl halides is 6. The Balaban J connectivity index is 1.44. The van der Waals surface area contributed by atoms with Crippen molar-refractivity contribution in [3.8, 4) is 11.1 Å². The van der Waals surface area contributed by atoms with Gasteiger partial charge in [0.05, 0.1) is 16.6 Å². The van der Waals surface area contributed by atoms with E-state index in [1.54, 1.807) is 0 Å². The second-order valence-electron chi connectivity index (χ2n) is 8.54. The van der Waals surface area contributed by atoms with Crippen molar-refractivity contribution in [1.29, 1.82) is 0 Å². The van der Waals surface area contributed by atoms with Crippen LogP contribution in [-0.2, 0) is 12.4 Å². The molecular formula is C25H20F6N6. The Hall–Kier alpha value is -3.93. The lowest BCUT2D eigenvalue weighted by Gasteiger charge is -2.29. The van der Waals surface area contributed by atoms with Crippen molar-refractivity contribution in [2.75, 3.05) is 36.4 Å². The molecule has 5 rings (SSSR count). The number of rotatable bonds is 4. The summed E-state index contributed by atoms with van der Waals surface area (Å²) in [6.07, 6.45) is -9.87. The lowest BCUT2D eigenvalue weighted by Crippen LogP contribution is -2.43. The van der Waals surface area contributed by atoms with Crippen molar-refractivity contribution in [1.82, 2.24) is 20.5 Å². The van der Waals surface area contributed by atoms with Crippen LogP contribution < -0.4 is 15.5 Å². The quantitative estimate of drug-likeness (QED) is 0.329. The first-order valence-corrected chi connectivity index (χ1v) is 11.3. The lowest BCUT2D eigenvalue weighted by atomic mass is 9.98. The van der Waals surface area contributed by atoms with Crippen LogP contribution in [0.25, 0.3) is 22.2 Å². The fraction of sp³-hybridized carbons (Fsp3) is 0.240. The minimum Gasteiger partial charge on any atom is -0.369 e. The van der Waals surface area contributed by atoms with Crippen molar-refractivity contribution in [3.63, 3.8) is 0 Å². The van der Waals surface area contributed by atoms with Gasteiger partial charge in [0.2, 0.25) is 5.95 Å². The van der Waals surface area contributed by atoms with Crippen LogP contribution in [0.15, 0.2) is 60.7 Å². The minimum atomic E-state index is -4.94. The molecule has 192 valence electrons. The van der Waals surface area contributed by atoms with Gasteiger partial charge in [-0.05, 0) is 65.7 Å². The molecule has 0 aliphatic carbocycles. The third-order valence-corrected chi connectivity index (χ3v) is 5.98. The van der Waals surface area contributed by atoms with Crippen LogP contribution in [0.2, 0.25) is 0 Å². The van der Waals surface area contributed by atoms with E-state index in [0.29, 0.717) is 23.3 Å². The van der Waals surface area contributed by atoms with Crippen LogP contribution in [0.4, 0.5) is 43.7 Å². The molecule has 2 N–H and O–H groups in total. The van der Waals surface area contributed by atoms with Gasteiger partial charge >= 0.3 is 12.4 Å². The van der Waals surface area contributed by atoms with E-state index in [1.165, 1.54) is 18.2 Å². The topological polar surface area (TPSA) is 66.0 Å². The van der Waals surface area contributed by atoms with E-state index in [1.807, 2.05) is 24.3 Å². The van der Waals surface area contributed by atoms with Gasteiger partial charge in [-0.2, -0.15) is 26.3 Å². The van der Waals surface area contributed by atoms with E-state index in [0.717, 1.165) is 31.9 Å². The molecule has 4 aromatic rings. The number of hydrogen-bond acceptors (Lipinski definition) is 6. The van der Waals surface area contributed by atoms with Crippen molar-refractivity contribution in [2.45, 2.75) is 12.4 Å². The summed E-state index contributed by atoms with van der Waals surface area (Å²) < 4.78 is 79.7. The monoisotopic (exact) mass is 518 g/mol. The van der Waals surface area contributed by atoms with Crippen LogP contribution in [0.1, 0.15) is 11.1 Å².